The van der Waals surface area contributed by atoms with Gasteiger partial charge in [0.05, 0.1) is 0 Å². The summed E-state index contributed by atoms with van der Waals surface area (Å²) >= 11 is 0. The van der Waals surface area contributed by atoms with Crippen molar-refractivity contribution >= 4 is 0 Å². The Balaban J connectivity index is 1.80. The molecule has 1 aliphatic carbocycles. The van der Waals surface area contributed by atoms with Gasteiger partial charge in [-0.05, 0) is 50.6 Å². The van der Waals surface area contributed by atoms with Gasteiger partial charge in [0.15, 0.2) is 0 Å². The molecule has 0 unspecified atom stereocenters. The van der Waals surface area contributed by atoms with Crippen LogP contribution in [0.5, 0.6) is 0 Å². The predicted molar refractivity (Wildman–Crippen MR) is 78.2 cm³/mol. The summed E-state index contributed by atoms with van der Waals surface area (Å²) in [5, 5.41) is 9.85. The molecule has 3 nitrogen and oxygen atoms in total. The molecule has 2 fully saturated rings. The maximum absolute atomic E-state index is 9.85. The van der Waals surface area contributed by atoms with Crippen LogP contribution >= 0.6 is 0 Å². The van der Waals surface area contributed by atoms with Crippen molar-refractivity contribution in [1.82, 2.24) is 4.90 Å². The van der Waals surface area contributed by atoms with Gasteiger partial charge >= 0.3 is 0 Å². The van der Waals surface area contributed by atoms with Gasteiger partial charge in [-0.2, -0.15) is 0 Å². The lowest BCUT2D eigenvalue weighted by Crippen LogP contribution is -2.45. The normalized spacial score (nSPS) is 34.6. The number of aliphatic hydroxyl groups excluding tert-OH is 1. The second kappa shape index (κ2) is 7.05. The van der Waals surface area contributed by atoms with Crippen molar-refractivity contribution in [2.75, 3.05) is 40.0 Å². The van der Waals surface area contributed by atoms with Gasteiger partial charge in [0, 0.05) is 32.3 Å². The van der Waals surface area contributed by atoms with E-state index in [-0.39, 0.29) is 5.41 Å². The molecule has 1 heterocycles. The van der Waals surface area contributed by atoms with Crippen molar-refractivity contribution in [3.8, 4) is 0 Å². The van der Waals surface area contributed by atoms with Crippen LogP contribution in [0.15, 0.2) is 0 Å². The predicted octanol–water partition coefficient (Wildman–Crippen LogP) is 2.53. The maximum Gasteiger partial charge on any atom is 0.0499 e. The lowest BCUT2D eigenvalue weighted by molar-refractivity contribution is 0.0129. The van der Waals surface area contributed by atoms with Crippen LogP contribution in [-0.2, 0) is 4.74 Å². The zero-order chi connectivity index (χ0) is 13.7. The van der Waals surface area contributed by atoms with E-state index in [2.05, 4.69) is 11.8 Å². The summed E-state index contributed by atoms with van der Waals surface area (Å²) in [6.07, 6.45) is 7.52. The number of nitrogens with zero attached hydrogens (tertiary/aromatic N) is 1. The van der Waals surface area contributed by atoms with Crippen molar-refractivity contribution in [3.63, 3.8) is 0 Å². The van der Waals surface area contributed by atoms with E-state index in [9.17, 15) is 5.11 Å². The van der Waals surface area contributed by atoms with Gasteiger partial charge in [0.2, 0.25) is 0 Å². The molecule has 0 amide bonds. The van der Waals surface area contributed by atoms with E-state index >= 15 is 0 Å². The first-order valence-corrected chi connectivity index (χ1v) is 7.99. The highest BCUT2D eigenvalue weighted by atomic mass is 16.5. The fraction of sp³-hybridized carbons (Fsp3) is 1.00. The largest absolute Gasteiger partial charge is 0.396 e. The number of rotatable bonds is 5. The van der Waals surface area contributed by atoms with E-state index in [4.69, 9.17) is 4.74 Å². The van der Waals surface area contributed by atoms with Crippen LogP contribution in [0.2, 0.25) is 0 Å². The van der Waals surface area contributed by atoms with Crippen molar-refractivity contribution in [2.24, 2.45) is 17.3 Å². The van der Waals surface area contributed by atoms with E-state index < -0.39 is 0 Å². The Kier molecular flexibility index (Phi) is 5.67. The zero-order valence-corrected chi connectivity index (χ0v) is 12.7. The summed E-state index contributed by atoms with van der Waals surface area (Å²) < 4.78 is 5.26. The molecular formula is C16H31NO2. The first-order valence-electron chi connectivity index (χ1n) is 7.99. The first kappa shape index (κ1) is 15.3. The van der Waals surface area contributed by atoms with Gasteiger partial charge in [0.25, 0.3) is 0 Å². The smallest absolute Gasteiger partial charge is 0.0499 e. The zero-order valence-electron chi connectivity index (χ0n) is 12.7. The minimum absolute atomic E-state index is 0.195. The number of piperidine rings is 1. The minimum atomic E-state index is 0.195. The Morgan fingerprint density at radius 1 is 1.16 bits per heavy atom. The Morgan fingerprint density at radius 2 is 1.79 bits per heavy atom. The molecule has 0 bridgehead atoms. The molecule has 2 rings (SSSR count). The topological polar surface area (TPSA) is 32.7 Å². The van der Waals surface area contributed by atoms with Gasteiger partial charge in [-0.25, -0.2) is 0 Å². The molecule has 1 saturated carbocycles. The van der Waals surface area contributed by atoms with Crippen LogP contribution in [0.1, 0.15) is 45.4 Å². The third kappa shape index (κ3) is 4.17. The van der Waals surface area contributed by atoms with E-state index in [1.807, 2.05) is 0 Å². The van der Waals surface area contributed by atoms with Crippen LogP contribution < -0.4 is 0 Å². The molecule has 0 aromatic carbocycles. The molecule has 19 heavy (non-hydrogen) atoms. The molecule has 1 aliphatic heterocycles. The van der Waals surface area contributed by atoms with Gasteiger partial charge in [-0.1, -0.05) is 19.8 Å². The average molecular weight is 269 g/mol. The first-order chi connectivity index (χ1) is 9.17. The quantitative estimate of drug-likeness (QED) is 0.832. The number of hydrogen-bond acceptors (Lipinski definition) is 3. The van der Waals surface area contributed by atoms with Crippen molar-refractivity contribution in [1.29, 1.82) is 0 Å². The molecule has 1 N–H and O–H groups in total. The van der Waals surface area contributed by atoms with Gasteiger partial charge in [0.1, 0.15) is 0 Å². The number of likely N-dealkylation sites (tertiary alicyclic amines) is 1. The van der Waals surface area contributed by atoms with Gasteiger partial charge < -0.3 is 14.7 Å². The van der Waals surface area contributed by atoms with Crippen LogP contribution in [0.25, 0.3) is 0 Å². The van der Waals surface area contributed by atoms with E-state index in [1.54, 1.807) is 7.11 Å². The Bertz CT molecular complexity index is 253. The Hall–Kier alpha value is -0.120. The number of hydrogen-bond donors (Lipinski definition) is 1. The van der Waals surface area contributed by atoms with Crippen LogP contribution in [0.4, 0.5) is 0 Å². The summed E-state index contributed by atoms with van der Waals surface area (Å²) in [5.74, 6) is 1.60. The highest BCUT2D eigenvalue weighted by Crippen LogP contribution is 2.39. The lowest BCUT2D eigenvalue weighted by Gasteiger charge is -2.43. The lowest BCUT2D eigenvalue weighted by atomic mass is 9.71. The summed E-state index contributed by atoms with van der Waals surface area (Å²) in [6.45, 7) is 7.11. The van der Waals surface area contributed by atoms with Crippen molar-refractivity contribution < 1.29 is 9.84 Å². The van der Waals surface area contributed by atoms with Crippen molar-refractivity contribution in [2.45, 2.75) is 45.4 Å². The molecule has 0 radical (unpaired) electrons. The second-order valence-electron chi connectivity index (χ2n) is 7.02. The third-order valence-electron chi connectivity index (χ3n) is 5.34. The summed E-state index contributed by atoms with van der Waals surface area (Å²) in [4.78, 5) is 2.58. The highest BCUT2D eigenvalue weighted by molar-refractivity contribution is 4.88. The van der Waals surface area contributed by atoms with Crippen LogP contribution in [-0.4, -0.2) is 50.0 Å². The highest BCUT2D eigenvalue weighted by Gasteiger charge is 2.36. The summed E-state index contributed by atoms with van der Waals surface area (Å²) in [5.41, 5.74) is 0.195. The molecule has 0 aromatic rings. The number of methoxy groups -OCH3 is 1. The van der Waals surface area contributed by atoms with Gasteiger partial charge in [-0.3, -0.25) is 0 Å². The summed E-state index contributed by atoms with van der Waals surface area (Å²) in [7, 11) is 1.80. The van der Waals surface area contributed by atoms with Gasteiger partial charge in [-0.15, -0.1) is 0 Å². The molecule has 2 aliphatic rings. The summed E-state index contributed by atoms with van der Waals surface area (Å²) in [6, 6.07) is 0. The number of aliphatic hydroxyl groups is 1. The fourth-order valence-corrected chi connectivity index (χ4v) is 3.76. The standard InChI is InChI=1S/C16H31NO2/c1-14-3-7-16(13-18,8-4-14)12-17-9-5-15(6-10-17)11-19-2/h14-15,18H,3-13H2,1-2H3. The van der Waals surface area contributed by atoms with Crippen molar-refractivity contribution in [3.05, 3.63) is 0 Å². The Labute approximate surface area is 118 Å². The molecule has 1 saturated heterocycles. The van der Waals surface area contributed by atoms with Crippen LogP contribution in [0, 0.1) is 17.3 Å². The number of ether oxygens (including phenoxy) is 1. The minimum Gasteiger partial charge on any atom is -0.396 e. The fourth-order valence-electron chi connectivity index (χ4n) is 3.76. The monoisotopic (exact) mass is 269 g/mol. The molecule has 112 valence electrons. The van der Waals surface area contributed by atoms with Crippen LogP contribution in [0.3, 0.4) is 0 Å². The molecule has 3 heteroatoms. The third-order valence-corrected chi connectivity index (χ3v) is 5.34. The maximum atomic E-state index is 9.85. The average Bonchev–Trinajstić information content (AvgIpc) is 2.44. The molecule has 0 atom stereocenters. The van der Waals surface area contributed by atoms with E-state index in [0.29, 0.717) is 6.61 Å². The molecule has 0 spiro atoms. The SMILES string of the molecule is COCC1CCN(CC2(CO)CCC(C)CC2)CC1. The Morgan fingerprint density at radius 3 is 2.32 bits per heavy atom. The van der Waals surface area contributed by atoms with E-state index in [1.165, 1.54) is 51.6 Å². The van der Waals surface area contributed by atoms with E-state index in [0.717, 1.165) is 25.0 Å². The second-order valence-corrected chi connectivity index (χ2v) is 7.02. The molecule has 0 aromatic heterocycles. The molecular weight excluding hydrogens is 238 g/mol.